The number of hydrogen-bond acceptors (Lipinski definition) is 31. The first kappa shape index (κ1) is 89.4. The molecule has 35 heteroatoms. The molecule has 0 aromatic heterocycles. The molecule has 0 aliphatic carbocycles. The van der Waals surface area contributed by atoms with Gasteiger partial charge in [0.15, 0.2) is 25.2 Å². The zero-order chi connectivity index (χ0) is 75.0. The third-order valence-corrected chi connectivity index (χ3v) is 19.1. The van der Waals surface area contributed by atoms with Gasteiger partial charge in [-0.3, -0.25) is 14.4 Å². The number of carboxylic acid groups (broad SMARTS) is 1. The van der Waals surface area contributed by atoms with Crippen LogP contribution in [0.25, 0.3) is 6.08 Å². The first-order valence-electron chi connectivity index (χ1n) is 35.6. The molecule has 5 saturated heterocycles. The molecule has 2 unspecified atom stereocenters. The van der Waals surface area contributed by atoms with Crippen molar-refractivity contribution in [3.05, 3.63) is 41.5 Å². The summed E-state index contributed by atoms with van der Waals surface area (Å²) in [4.78, 5) is 52.7. The zero-order valence-electron chi connectivity index (χ0n) is 59.3. The molecular formula is C68H116N4O31. The Hall–Kier alpha value is -4.24. The van der Waals surface area contributed by atoms with Gasteiger partial charge < -0.3 is 161 Å². The van der Waals surface area contributed by atoms with Crippen molar-refractivity contribution in [2.24, 2.45) is 0 Å². The first-order valence-corrected chi connectivity index (χ1v) is 35.6. The summed E-state index contributed by atoms with van der Waals surface area (Å²) in [7, 11) is 0. The summed E-state index contributed by atoms with van der Waals surface area (Å²) in [5, 5.41) is 199. The van der Waals surface area contributed by atoms with Crippen molar-refractivity contribution in [3.8, 4) is 0 Å². The maximum atomic E-state index is 13.7. The minimum Gasteiger partial charge on any atom is -0.544 e. The highest BCUT2D eigenvalue weighted by Crippen LogP contribution is 2.41. The Morgan fingerprint density at radius 3 is 1.60 bits per heavy atom. The molecule has 0 saturated carbocycles. The summed E-state index contributed by atoms with van der Waals surface area (Å²) in [5.41, 5.74) is 1.79. The topological polar surface area (TPSA) is 580 Å². The summed E-state index contributed by atoms with van der Waals surface area (Å²) in [6, 6.07) is 2.59. The molecule has 3 amide bonds. The van der Waals surface area contributed by atoms with E-state index in [4.69, 9.17) is 47.4 Å². The molecule has 103 heavy (non-hydrogen) atoms. The highest BCUT2D eigenvalue weighted by Gasteiger charge is 2.61. The number of carboxylic acids is 1. The normalized spacial score (nSPS) is 35.3. The van der Waals surface area contributed by atoms with Gasteiger partial charge in [-0.25, -0.2) is 0 Å². The number of ether oxygens (including phenoxy) is 10. The molecule has 0 bridgehead atoms. The third-order valence-electron chi connectivity index (χ3n) is 19.1. The van der Waals surface area contributed by atoms with Crippen LogP contribution in [0, 0.1) is 0 Å². The lowest BCUT2D eigenvalue weighted by molar-refractivity contribution is -0.421. The summed E-state index contributed by atoms with van der Waals surface area (Å²) < 4.78 is 59.7. The number of hydrogen-bond donors (Lipinski definition) is 20. The van der Waals surface area contributed by atoms with E-state index in [1.54, 1.807) is 6.08 Å². The lowest BCUT2D eigenvalue weighted by Gasteiger charge is -2.54. The molecule has 6 rings (SSSR count). The zero-order valence-corrected chi connectivity index (χ0v) is 59.3. The fraction of sp³-hybridized carbons (Fsp3) is 0.824. The summed E-state index contributed by atoms with van der Waals surface area (Å²) in [6.07, 6.45) is -30.5. The first-order chi connectivity index (χ1) is 48.7. The lowest BCUT2D eigenvalue weighted by Crippen LogP contribution is -2.73. The average molecular weight is 1490 g/mol. The van der Waals surface area contributed by atoms with Crippen molar-refractivity contribution in [1.82, 2.24) is 22.1 Å². The van der Waals surface area contributed by atoms with Crippen LogP contribution in [-0.2, 0) is 73.0 Å². The Labute approximate surface area is 598 Å². The number of carbonyl (C=O) groups is 4. The second-order valence-corrected chi connectivity index (χ2v) is 27.0. The van der Waals surface area contributed by atoms with Crippen LogP contribution in [-0.4, -0.2) is 316 Å². The van der Waals surface area contributed by atoms with Crippen molar-refractivity contribution in [3.63, 3.8) is 0 Å². The number of benzene rings is 1. The van der Waals surface area contributed by atoms with Crippen LogP contribution in [0.5, 0.6) is 0 Å². The fourth-order valence-corrected chi connectivity index (χ4v) is 13.2. The molecule has 1 aromatic rings. The van der Waals surface area contributed by atoms with E-state index in [9.17, 15) is 106 Å². The predicted molar refractivity (Wildman–Crippen MR) is 356 cm³/mol. The molecule has 5 fully saturated rings. The maximum absolute atomic E-state index is 13.7. The second-order valence-electron chi connectivity index (χ2n) is 27.0. The Morgan fingerprint density at radius 1 is 0.573 bits per heavy atom. The SMILES string of the molecule is CCCCCCCCCCCCCCCCCC(=O)N[C@@H](CO[C@@H]1O[C@H](CO)[C@@H](O[C@@H]2O[C@H](CO)[C@H](O[C@@H]3O[C@H](CO)[C@H](O)[C@H](O[C@@H]4O[C@H](CO)[C@H](O)[C@H](O)[C@H]4O)[C@H]3NC(C)=O)[C@H](O[C@]3(C(=O)[O-])C[C@H](O)C(NC(C)=O)C([C@H](O)[C@H](O)CO)O3)[C@H]2O)[C@H](O)[C@H]1O)[C@H](O)/C=C/c1ccc(CC)cc1.[NH4+]. The number of aryl methyl sites for hydroxylation is 1. The van der Waals surface area contributed by atoms with Crippen LogP contribution in [0.4, 0.5) is 0 Å². The molecular weight excluding hydrogens is 1370 g/mol. The van der Waals surface area contributed by atoms with Gasteiger partial charge in [0.05, 0.1) is 63.9 Å². The van der Waals surface area contributed by atoms with Crippen LogP contribution in [0.3, 0.4) is 0 Å². The van der Waals surface area contributed by atoms with Gasteiger partial charge in [-0.05, 0) is 24.0 Å². The number of rotatable bonds is 42. The number of aliphatic carboxylic acids is 1. The molecule has 23 N–H and O–H groups in total. The Morgan fingerprint density at radius 2 is 1.06 bits per heavy atom. The number of aliphatic hydroxyl groups excluding tert-OH is 16. The van der Waals surface area contributed by atoms with Gasteiger partial charge >= 0.3 is 0 Å². The smallest absolute Gasteiger partial charge is 0.220 e. The van der Waals surface area contributed by atoms with E-state index in [0.717, 1.165) is 63.5 Å². The Kier molecular flexibility index (Phi) is 38.4. The van der Waals surface area contributed by atoms with Gasteiger partial charge in [-0.2, -0.15) is 0 Å². The van der Waals surface area contributed by atoms with E-state index >= 15 is 0 Å². The average Bonchev–Trinajstić information content (AvgIpc) is 0.750. The summed E-state index contributed by atoms with van der Waals surface area (Å²) in [6.45, 7) is -0.0593. The number of quaternary nitrogens is 1. The minimum absolute atomic E-state index is 0. The van der Waals surface area contributed by atoms with Crippen LogP contribution in [0.1, 0.15) is 148 Å². The molecule has 5 heterocycles. The van der Waals surface area contributed by atoms with Crippen LogP contribution >= 0.6 is 0 Å². The standard InChI is InChI=1S/C68H113N3O31.H3N/c1-5-7-8-9-10-11-12-13-14-15-16-17-18-19-20-21-47(82)71-39(40(79)27-26-38-24-22-37(6-2)23-25-38)34-93-64-56(89)54(87)58(45(32-75)96-64)98-66-57(90)62(102-68(67(91)92)28-41(80)48(69-35(3)77)61(101-68)50(83)42(81)29-72)59(46(33-76)97-66)99-63-49(70-36(4)78)60(52(85)44(31-74)94-63)100-65-55(88)53(86)51(84)43(30-73)95-65;/h22-27,39-46,48-66,72-76,79-81,83-90H,5-21,28-34H2,1-4H3,(H,69,77)(H,70,78)(H,71,82)(H,91,92);1H3/b27-26+;/t39-,40+,41-,42+,43+,44+,45+,46+,48?,49+,50+,51-,52-,53-,54+,55+,56+,57+,58+,59-,60+,61?,62+,63-,64+,65-,66-,68-;/m0./s1. The minimum atomic E-state index is -3.50. The van der Waals surface area contributed by atoms with Crippen molar-refractivity contribution >= 4 is 29.8 Å². The van der Waals surface area contributed by atoms with Crippen molar-refractivity contribution < 1.29 is 153 Å². The van der Waals surface area contributed by atoms with Crippen molar-refractivity contribution in [1.29, 1.82) is 0 Å². The van der Waals surface area contributed by atoms with Crippen LogP contribution in [0.2, 0.25) is 0 Å². The summed E-state index contributed by atoms with van der Waals surface area (Å²) >= 11 is 0. The molecule has 0 radical (unpaired) electrons. The quantitative estimate of drug-likeness (QED) is 0.0273. The summed E-state index contributed by atoms with van der Waals surface area (Å²) in [5.74, 6) is -8.16. The van der Waals surface area contributed by atoms with Crippen LogP contribution in [0.15, 0.2) is 30.3 Å². The van der Waals surface area contributed by atoms with Gasteiger partial charge in [0, 0.05) is 26.7 Å². The molecule has 594 valence electrons. The maximum Gasteiger partial charge on any atom is 0.220 e. The van der Waals surface area contributed by atoms with Gasteiger partial charge in [0.2, 0.25) is 23.5 Å². The third kappa shape index (κ3) is 24.9. The molecule has 5 aliphatic heterocycles. The Balaban J connectivity index is 0.0000191. The largest absolute Gasteiger partial charge is 0.544 e. The number of amides is 3. The van der Waals surface area contributed by atoms with E-state index in [2.05, 4.69) is 22.9 Å². The van der Waals surface area contributed by atoms with Crippen molar-refractivity contribution in [2.75, 3.05) is 39.6 Å². The van der Waals surface area contributed by atoms with Gasteiger partial charge in [-0.15, -0.1) is 0 Å². The number of nitrogens with one attached hydrogen (secondary N) is 3. The number of aliphatic hydroxyl groups is 16. The fourth-order valence-electron chi connectivity index (χ4n) is 13.2. The van der Waals surface area contributed by atoms with Gasteiger partial charge in [-0.1, -0.05) is 140 Å². The van der Waals surface area contributed by atoms with E-state index in [0.29, 0.717) is 6.42 Å². The highest BCUT2D eigenvalue weighted by molar-refractivity contribution is 5.76. The van der Waals surface area contributed by atoms with E-state index in [1.807, 2.05) is 31.2 Å². The molecule has 5 aliphatic rings. The highest BCUT2D eigenvalue weighted by atomic mass is 16.8. The van der Waals surface area contributed by atoms with E-state index < -0.39 is 241 Å². The monoisotopic (exact) mass is 1480 g/mol. The van der Waals surface area contributed by atoms with Gasteiger partial charge in [0.25, 0.3) is 0 Å². The van der Waals surface area contributed by atoms with Crippen molar-refractivity contribution in [2.45, 2.75) is 314 Å². The van der Waals surface area contributed by atoms with E-state index in [-0.39, 0.29) is 12.6 Å². The lowest BCUT2D eigenvalue weighted by atomic mass is 9.88. The van der Waals surface area contributed by atoms with Gasteiger partial charge in [0.1, 0.15) is 122 Å². The second kappa shape index (κ2) is 44.3. The van der Waals surface area contributed by atoms with Crippen LogP contribution < -0.4 is 27.2 Å². The molecule has 1 aromatic carbocycles. The number of carbonyl (C=O) groups excluding carboxylic acids is 4. The molecule has 0 spiro atoms. The van der Waals surface area contributed by atoms with E-state index in [1.165, 1.54) is 63.9 Å². The Bertz CT molecular complexity index is 2660. The molecule has 28 atom stereocenters. The molecule has 35 nitrogen and oxygen atoms in total. The predicted octanol–water partition coefficient (Wildman–Crippen LogP) is -4.98. The number of unbranched alkanes of at least 4 members (excludes halogenated alkanes) is 14.